The Morgan fingerprint density at radius 1 is 1.90 bits per heavy atom. The first-order valence-corrected chi connectivity index (χ1v) is 2.65. The van der Waals surface area contributed by atoms with Crippen LogP contribution in [0, 0.1) is 11.3 Å². The van der Waals surface area contributed by atoms with Crippen LogP contribution in [0.15, 0.2) is 16.8 Å². The molecule has 0 unspecified atom stereocenters. The quantitative estimate of drug-likeness (QED) is 0.563. The minimum absolute atomic E-state index is 0.140. The van der Waals surface area contributed by atoms with Crippen molar-refractivity contribution in [1.82, 2.24) is 5.16 Å². The fraction of sp³-hybridized carbons (Fsp3) is 0.167. The highest BCUT2D eigenvalue weighted by atomic mass is 16.5. The van der Waals surface area contributed by atoms with Crippen LogP contribution in [0.4, 0.5) is 0 Å². The van der Waals surface area contributed by atoms with Gasteiger partial charge in [0.25, 0.3) is 0 Å². The second-order valence-corrected chi connectivity index (χ2v) is 1.63. The second kappa shape index (κ2) is 2.78. The molecule has 0 radical (unpaired) electrons. The average molecular weight is 136 g/mol. The molecule has 0 aliphatic heterocycles. The molecule has 1 aromatic rings. The summed E-state index contributed by atoms with van der Waals surface area (Å²) in [5.74, 6) is -0.193. The molecular weight excluding hydrogens is 132 g/mol. The lowest BCUT2D eigenvalue weighted by Crippen LogP contribution is -1.93. The summed E-state index contributed by atoms with van der Waals surface area (Å²) in [7, 11) is 0. The van der Waals surface area contributed by atoms with Crippen molar-refractivity contribution in [2.45, 2.75) is 6.42 Å². The topological polar surface area (TPSA) is 66.9 Å². The number of aromatic nitrogens is 1. The maximum Gasteiger partial charge on any atom is 0.214 e. The highest BCUT2D eigenvalue weighted by molar-refractivity contribution is 5.94. The van der Waals surface area contributed by atoms with Crippen molar-refractivity contribution in [3.05, 3.63) is 18.0 Å². The van der Waals surface area contributed by atoms with Gasteiger partial charge >= 0.3 is 0 Å². The summed E-state index contributed by atoms with van der Waals surface area (Å²) in [6.45, 7) is 0. The number of hydrogen-bond acceptors (Lipinski definition) is 4. The Morgan fingerprint density at radius 2 is 2.70 bits per heavy atom. The van der Waals surface area contributed by atoms with Crippen LogP contribution in [0.5, 0.6) is 0 Å². The highest BCUT2D eigenvalue weighted by Gasteiger charge is 2.07. The van der Waals surface area contributed by atoms with Crippen LogP contribution in [-0.4, -0.2) is 10.9 Å². The van der Waals surface area contributed by atoms with E-state index in [2.05, 4.69) is 9.68 Å². The Hall–Kier alpha value is -1.63. The number of Topliss-reactive ketones (excluding diaryl/α,β-unsaturated/α-hetero) is 1. The number of nitriles is 1. The van der Waals surface area contributed by atoms with Crippen LogP contribution in [0.2, 0.25) is 0 Å². The summed E-state index contributed by atoms with van der Waals surface area (Å²) in [5.41, 5.74) is 0. The zero-order chi connectivity index (χ0) is 7.40. The average Bonchev–Trinajstić information content (AvgIpc) is 2.38. The van der Waals surface area contributed by atoms with E-state index in [-0.39, 0.29) is 18.0 Å². The van der Waals surface area contributed by atoms with Crippen LogP contribution in [-0.2, 0) is 0 Å². The van der Waals surface area contributed by atoms with Gasteiger partial charge in [-0.15, -0.1) is 0 Å². The summed E-state index contributed by atoms with van der Waals surface area (Å²) < 4.78 is 4.50. The third kappa shape index (κ3) is 1.20. The lowest BCUT2D eigenvalue weighted by Gasteiger charge is -1.82. The molecule has 0 N–H and O–H groups in total. The van der Waals surface area contributed by atoms with Gasteiger partial charge in [0.15, 0.2) is 0 Å². The number of hydrogen-bond donors (Lipinski definition) is 0. The van der Waals surface area contributed by atoms with E-state index in [0.717, 1.165) is 0 Å². The molecule has 0 fully saturated rings. The fourth-order valence-electron chi connectivity index (χ4n) is 0.519. The number of nitrogens with zero attached hydrogens (tertiary/aromatic N) is 2. The van der Waals surface area contributed by atoms with Crippen LogP contribution < -0.4 is 0 Å². The van der Waals surface area contributed by atoms with E-state index in [1.54, 1.807) is 6.07 Å². The minimum atomic E-state index is -0.333. The molecule has 0 aliphatic carbocycles. The van der Waals surface area contributed by atoms with Crippen LogP contribution in [0.3, 0.4) is 0 Å². The van der Waals surface area contributed by atoms with Gasteiger partial charge in [0.2, 0.25) is 11.5 Å². The molecule has 0 aromatic carbocycles. The van der Waals surface area contributed by atoms with E-state index in [4.69, 9.17) is 5.26 Å². The van der Waals surface area contributed by atoms with Crippen LogP contribution >= 0.6 is 0 Å². The number of rotatable bonds is 2. The van der Waals surface area contributed by atoms with Crippen molar-refractivity contribution in [3.63, 3.8) is 0 Å². The van der Waals surface area contributed by atoms with Gasteiger partial charge in [-0.2, -0.15) is 5.26 Å². The van der Waals surface area contributed by atoms with Gasteiger partial charge in [-0.3, -0.25) is 4.79 Å². The van der Waals surface area contributed by atoms with Gasteiger partial charge in [-0.25, -0.2) is 0 Å². The van der Waals surface area contributed by atoms with Gasteiger partial charge in [0, 0.05) is 6.07 Å². The minimum Gasteiger partial charge on any atom is -0.353 e. The standard InChI is InChI=1S/C6H4N2O2/c7-3-1-5(9)6-2-4-8-10-6/h2,4H,1H2. The van der Waals surface area contributed by atoms with Crippen LogP contribution in [0.25, 0.3) is 0 Å². The van der Waals surface area contributed by atoms with E-state index >= 15 is 0 Å². The summed E-state index contributed by atoms with van der Waals surface area (Å²) in [5, 5.41) is 11.4. The van der Waals surface area contributed by atoms with Gasteiger partial charge in [-0.05, 0) is 0 Å². The second-order valence-electron chi connectivity index (χ2n) is 1.63. The number of ketones is 1. The van der Waals surface area contributed by atoms with Crippen molar-refractivity contribution in [2.75, 3.05) is 0 Å². The third-order valence-electron chi connectivity index (χ3n) is 0.952. The van der Waals surface area contributed by atoms with E-state index in [9.17, 15) is 4.79 Å². The Morgan fingerprint density at radius 3 is 3.20 bits per heavy atom. The lowest BCUT2D eigenvalue weighted by atomic mass is 10.2. The van der Waals surface area contributed by atoms with E-state index in [1.165, 1.54) is 12.3 Å². The van der Waals surface area contributed by atoms with E-state index < -0.39 is 0 Å². The fourth-order valence-corrected chi connectivity index (χ4v) is 0.519. The van der Waals surface area contributed by atoms with Gasteiger partial charge in [0.1, 0.15) is 6.42 Å². The SMILES string of the molecule is N#CCC(=O)c1ccno1. The Bertz CT molecular complexity index is 258. The molecule has 0 saturated heterocycles. The molecule has 0 amide bonds. The molecule has 50 valence electrons. The molecule has 1 heterocycles. The lowest BCUT2D eigenvalue weighted by molar-refractivity contribution is 0.0962. The maximum atomic E-state index is 10.7. The maximum absolute atomic E-state index is 10.7. The van der Waals surface area contributed by atoms with Gasteiger partial charge in [-0.1, -0.05) is 5.16 Å². The van der Waals surface area contributed by atoms with Crippen LogP contribution in [0.1, 0.15) is 17.0 Å². The van der Waals surface area contributed by atoms with Gasteiger partial charge < -0.3 is 4.52 Å². The molecule has 0 spiro atoms. The molecule has 0 bridgehead atoms. The zero-order valence-electron chi connectivity index (χ0n) is 5.07. The van der Waals surface area contributed by atoms with Crippen molar-refractivity contribution in [3.8, 4) is 6.07 Å². The monoisotopic (exact) mass is 136 g/mol. The zero-order valence-corrected chi connectivity index (χ0v) is 5.07. The predicted octanol–water partition coefficient (Wildman–Crippen LogP) is 0.771. The number of carbonyl (C=O) groups excluding carboxylic acids is 1. The molecule has 0 saturated carbocycles. The molecular formula is C6H4N2O2. The Balaban J connectivity index is 2.71. The highest BCUT2D eigenvalue weighted by Crippen LogP contribution is 1.99. The first kappa shape index (κ1) is 6.49. The summed E-state index contributed by atoms with van der Waals surface area (Å²) in [6, 6.07) is 3.15. The summed E-state index contributed by atoms with van der Waals surface area (Å²) in [4.78, 5) is 10.7. The Kier molecular flexibility index (Phi) is 1.80. The summed E-state index contributed by atoms with van der Waals surface area (Å²) >= 11 is 0. The molecule has 4 nitrogen and oxygen atoms in total. The molecule has 0 atom stereocenters. The Labute approximate surface area is 57.0 Å². The first-order chi connectivity index (χ1) is 4.84. The van der Waals surface area contributed by atoms with E-state index in [1.807, 2.05) is 0 Å². The molecule has 10 heavy (non-hydrogen) atoms. The van der Waals surface area contributed by atoms with Crippen molar-refractivity contribution in [2.24, 2.45) is 0 Å². The molecule has 1 aromatic heterocycles. The van der Waals surface area contributed by atoms with Gasteiger partial charge in [0.05, 0.1) is 12.3 Å². The molecule has 1 rings (SSSR count). The smallest absolute Gasteiger partial charge is 0.214 e. The molecule has 4 heteroatoms. The van der Waals surface area contributed by atoms with E-state index in [0.29, 0.717) is 0 Å². The largest absolute Gasteiger partial charge is 0.353 e. The normalized spacial score (nSPS) is 8.70. The number of carbonyl (C=O) groups is 1. The van der Waals surface area contributed by atoms with Crippen molar-refractivity contribution < 1.29 is 9.32 Å². The first-order valence-electron chi connectivity index (χ1n) is 2.65. The molecule has 0 aliphatic rings. The predicted molar refractivity (Wildman–Crippen MR) is 31.1 cm³/mol. The third-order valence-corrected chi connectivity index (χ3v) is 0.952. The van der Waals surface area contributed by atoms with Crippen molar-refractivity contribution in [1.29, 1.82) is 5.26 Å². The summed E-state index contributed by atoms with van der Waals surface area (Å²) in [6.07, 6.45) is 1.21. The van der Waals surface area contributed by atoms with Crippen molar-refractivity contribution >= 4 is 5.78 Å².